The molecule has 0 fully saturated rings. The van der Waals surface area contributed by atoms with Crippen molar-refractivity contribution in [2.75, 3.05) is 13.3 Å². The Morgan fingerprint density at radius 1 is 1.12 bits per heavy atom. The van der Waals surface area contributed by atoms with Crippen LogP contribution in [0.5, 0.6) is 5.75 Å². The molecule has 0 radical (unpaired) electrons. The van der Waals surface area contributed by atoms with Crippen LogP contribution >= 0.6 is 0 Å². The standard InChI is InChI=1S/C20H19NO3/c1-14-7-8-16-18(11-14)24-20(22)17-12-21(13-23-19(16)17)10-9-15-5-3-2-4-6-15/h2-8,11H,9-10,12-13H2,1H3. The Kier molecular flexibility index (Phi) is 3.82. The molecule has 24 heavy (non-hydrogen) atoms. The average molecular weight is 321 g/mol. The van der Waals surface area contributed by atoms with Gasteiger partial charge in [0.05, 0.1) is 10.9 Å². The summed E-state index contributed by atoms with van der Waals surface area (Å²) in [4.78, 5) is 14.5. The van der Waals surface area contributed by atoms with Crippen LogP contribution in [0.1, 0.15) is 16.7 Å². The van der Waals surface area contributed by atoms with Gasteiger partial charge < -0.3 is 9.15 Å². The van der Waals surface area contributed by atoms with Gasteiger partial charge in [-0.1, -0.05) is 36.4 Å². The van der Waals surface area contributed by atoms with Crippen LogP contribution < -0.4 is 10.4 Å². The highest BCUT2D eigenvalue weighted by atomic mass is 16.5. The summed E-state index contributed by atoms with van der Waals surface area (Å²) in [6.07, 6.45) is 0.928. The van der Waals surface area contributed by atoms with Crippen molar-refractivity contribution in [3.8, 4) is 5.75 Å². The zero-order chi connectivity index (χ0) is 16.5. The van der Waals surface area contributed by atoms with Crippen molar-refractivity contribution in [2.45, 2.75) is 19.9 Å². The third-order valence-electron chi connectivity index (χ3n) is 4.44. The number of hydrogen-bond donors (Lipinski definition) is 0. The molecule has 1 aromatic heterocycles. The van der Waals surface area contributed by atoms with Gasteiger partial charge in [0.25, 0.3) is 0 Å². The van der Waals surface area contributed by atoms with Gasteiger partial charge in [-0.05, 0) is 36.6 Å². The largest absolute Gasteiger partial charge is 0.477 e. The molecule has 122 valence electrons. The highest BCUT2D eigenvalue weighted by molar-refractivity contribution is 5.85. The fraction of sp³-hybridized carbons (Fsp3) is 0.250. The summed E-state index contributed by atoms with van der Waals surface area (Å²) in [6, 6.07) is 16.2. The maximum Gasteiger partial charge on any atom is 0.344 e. The molecular formula is C20H19NO3. The van der Waals surface area contributed by atoms with Crippen LogP contribution in [0.2, 0.25) is 0 Å². The zero-order valence-electron chi connectivity index (χ0n) is 13.6. The summed E-state index contributed by atoms with van der Waals surface area (Å²) >= 11 is 0. The first kappa shape index (κ1) is 15.0. The molecule has 4 nitrogen and oxygen atoms in total. The number of ether oxygens (including phenoxy) is 1. The molecule has 3 aromatic rings. The molecule has 0 spiro atoms. The summed E-state index contributed by atoms with van der Waals surface area (Å²) in [5, 5.41) is 0.873. The molecule has 0 unspecified atom stereocenters. The van der Waals surface area contributed by atoms with E-state index in [1.165, 1.54) is 5.56 Å². The van der Waals surface area contributed by atoms with E-state index in [-0.39, 0.29) is 5.63 Å². The van der Waals surface area contributed by atoms with E-state index >= 15 is 0 Å². The Balaban J connectivity index is 1.59. The first-order valence-electron chi connectivity index (χ1n) is 8.16. The highest BCUT2D eigenvalue weighted by Gasteiger charge is 2.24. The Bertz CT molecular complexity index is 931. The van der Waals surface area contributed by atoms with Gasteiger partial charge in [-0.25, -0.2) is 4.79 Å². The number of aryl methyl sites for hydroxylation is 1. The molecular weight excluding hydrogens is 302 g/mol. The SMILES string of the molecule is Cc1ccc2c3c(c(=O)oc2c1)CN(CCc1ccccc1)CO3. The van der Waals surface area contributed by atoms with Crippen molar-refractivity contribution in [1.29, 1.82) is 0 Å². The third-order valence-corrected chi connectivity index (χ3v) is 4.44. The van der Waals surface area contributed by atoms with Crippen LogP contribution in [0.25, 0.3) is 11.0 Å². The molecule has 1 aliphatic heterocycles. The fourth-order valence-electron chi connectivity index (χ4n) is 3.12. The summed E-state index contributed by atoms with van der Waals surface area (Å²) < 4.78 is 11.4. The molecule has 2 heterocycles. The Morgan fingerprint density at radius 3 is 2.79 bits per heavy atom. The predicted octanol–water partition coefficient (Wildman–Crippen LogP) is 3.50. The highest BCUT2D eigenvalue weighted by Crippen LogP contribution is 2.31. The first-order valence-corrected chi connectivity index (χ1v) is 8.16. The van der Waals surface area contributed by atoms with Crippen LogP contribution in [-0.2, 0) is 13.0 Å². The molecule has 1 aliphatic rings. The van der Waals surface area contributed by atoms with E-state index in [0.29, 0.717) is 30.2 Å². The second-order valence-corrected chi connectivity index (χ2v) is 6.26. The Morgan fingerprint density at radius 2 is 1.96 bits per heavy atom. The van der Waals surface area contributed by atoms with Gasteiger partial charge in [0, 0.05) is 13.1 Å². The molecule has 0 saturated carbocycles. The molecule has 0 aliphatic carbocycles. The molecule has 0 amide bonds. The van der Waals surface area contributed by atoms with Crippen molar-refractivity contribution < 1.29 is 9.15 Å². The number of benzene rings is 2. The van der Waals surface area contributed by atoms with Crippen LogP contribution in [0, 0.1) is 6.92 Å². The van der Waals surface area contributed by atoms with Crippen molar-refractivity contribution in [3.05, 3.63) is 75.6 Å². The summed E-state index contributed by atoms with van der Waals surface area (Å²) in [5.41, 5.74) is 3.25. The normalized spacial score (nSPS) is 14.4. The molecule has 0 N–H and O–H groups in total. The topological polar surface area (TPSA) is 42.7 Å². The van der Waals surface area contributed by atoms with E-state index in [4.69, 9.17) is 9.15 Å². The average Bonchev–Trinajstić information content (AvgIpc) is 2.61. The lowest BCUT2D eigenvalue weighted by Gasteiger charge is -2.28. The van der Waals surface area contributed by atoms with E-state index in [1.54, 1.807) is 0 Å². The maximum atomic E-state index is 12.3. The van der Waals surface area contributed by atoms with Gasteiger partial charge in [-0.15, -0.1) is 0 Å². The van der Waals surface area contributed by atoms with E-state index in [9.17, 15) is 4.79 Å². The smallest absolute Gasteiger partial charge is 0.344 e. The minimum atomic E-state index is -0.299. The van der Waals surface area contributed by atoms with Crippen molar-refractivity contribution >= 4 is 11.0 Å². The Hall–Kier alpha value is -2.59. The second kappa shape index (κ2) is 6.13. The lowest BCUT2D eigenvalue weighted by Crippen LogP contribution is -2.36. The lowest BCUT2D eigenvalue weighted by molar-refractivity contribution is 0.0955. The van der Waals surface area contributed by atoms with E-state index in [1.807, 2.05) is 43.3 Å². The number of fused-ring (bicyclic) bond motifs is 3. The minimum Gasteiger partial charge on any atom is -0.477 e. The van der Waals surface area contributed by atoms with E-state index in [2.05, 4.69) is 17.0 Å². The Labute approximate surface area is 140 Å². The molecule has 4 heteroatoms. The summed E-state index contributed by atoms with van der Waals surface area (Å²) in [7, 11) is 0. The first-order chi connectivity index (χ1) is 11.7. The quantitative estimate of drug-likeness (QED) is 0.693. The molecule has 2 aromatic carbocycles. The van der Waals surface area contributed by atoms with Gasteiger partial charge in [-0.2, -0.15) is 0 Å². The van der Waals surface area contributed by atoms with Crippen LogP contribution in [0.4, 0.5) is 0 Å². The summed E-state index contributed by atoms with van der Waals surface area (Å²) in [5.74, 6) is 0.678. The monoisotopic (exact) mass is 321 g/mol. The molecule has 0 saturated heterocycles. The molecule has 4 rings (SSSR count). The van der Waals surface area contributed by atoms with Gasteiger partial charge >= 0.3 is 5.63 Å². The van der Waals surface area contributed by atoms with Gasteiger partial charge in [0.2, 0.25) is 0 Å². The number of nitrogens with zero attached hydrogens (tertiary/aromatic N) is 1. The van der Waals surface area contributed by atoms with Crippen molar-refractivity contribution in [3.63, 3.8) is 0 Å². The fourth-order valence-corrected chi connectivity index (χ4v) is 3.12. The van der Waals surface area contributed by atoms with Crippen molar-refractivity contribution in [2.24, 2.45) is 0 Å². The predicted molar refractivity (Wildman–Crippen MR) is 93.3 cm³/mol. The van der Waals surface area contributed by atoms with Gasteiger partial charge in [0.15, 0.2) is 0 Å². The molecule has 0 bridgehead atoms. The maximum absolute atomic E-state index is 12.3. The van der Waals surface area contributed by atoms with Crippen LogP contribution in [0.3, 0.4) is 0 Å². The lowest BCUT2D eigenvalue weighted by atomic mass is 10.1. The third kappa shape index (κ3) is 2.81. The van der Waals surface area contributed by atoms with Gasteiger partial charge in [-0.3, -0.25) is 4.90 Å². The number of hydrogen-bond acceptors (Lipinski definition) is 4. The molecule has 0 atom stereocenters. The van der Waals surface area contributed by atoms with Crippen LogP contribution in [0.15, 0.2) is 57.7 Å². The zero-order valence-corrected chi connectivity index (χ0v) is 13.6. The van der Waals surface area contributed by atoms with E-state index < -0.39 is 0 Å². The second-order valence-electron chi connectivity index (χ2n) is 6.26. The van der Waals surface area contributed by atoms with E-state index in [0.717, 1.165) is 23.9 Å². The number of rotatable bonds is 3. The van der Waals surface area contributed by atoms with Crippen molar-refractivity contribution in [1.82, 2.24) is 4.90 Å². The van der Waals surface area contributed by atoms with Gasteiger partial charge in [0.1, 0.15) is 18.1 Å². The minimum absolute atomic E-state index is 0.299. The summed E-state index contributed by atoms with van der Waals surface area (Å²) in [6.45, 7) is 3.88. The van der Waals surface area contributed by atoms with Crippen LogP contribution in [-0.4, -0.2) is 18.2 Å².